The Bertz CT molecular complexity index is 437. The minimum absolute atomic E-state index is 0.144. The zero-order valence-corrected chi connectivity index (χ0v) is 10.7. The number of amides is 1. The molecule has 1 aromatic heterocycles. The van der Waals surface area contributed by atoms with Crippen LogP contribution in [-0.2, 0) is 4.79 Å². The summed E-state index contributed by atoms with van der Waals surface area (Å²) in [5.74, 6) is 1.61. The lowest BCUT2D eigenvalue weighted by Gasteiger charge is -2.20. The summed E-state index contributed by atoms with van der Waals surface area (Å²) in [6.07, 6.45) is 6.74. The first-order chi connectivity index (χ1) is 8.24. The van der Waals surface area contributed by atoms with Gasteiger partial charge in [0.2, 0.25) is 5.91 Å². The standard InChI is InChI=1S/C14H17NOS/c1-9(13-3-2-6-17-13)15-14(16)12-8-10-4-5-11(12)7-10/h2-6,9-12H,7-8H2,1H3,(H,15,16). The molecular formula is C14H17NOS. The van der Waals surface area contributed by atoms with Gasteiger partial charge in [0.1, 0.15) is 0 Å². The highest BCUT2D eigenvalue weighted by Crippen LogP contribution is 2.43. The van der Waals surface area contributed by atoms with Gasteiger partial charge in [-0.3, -0.25) is 4.79 Å². The Balaban J connectivity index is 1.62. The van der Waals surface area contributed by atoms with Crippen molar-refractivity contribution < 1.29 is 4.79 Å². The van der Waals surface area contributed by atoms with Crippen LogP contribution in [0.25, 0.3) is 0 Å². The molecule has 3 heteroatoms. The molecule has 0 saturated heterocycles. The van der Waals surface area contributed by atoms with Gasteiger partial charge in [0, 0.05) is 10.8 Å². The van der Waals surface area contributed by atoms with E-state index < -0.39 is 0 Å². The lowest BCUT2D eigenvalue weighted by atomic mass is 9.92. The molecule has 1 N–H and O–H groups in total. The molecule has 90 valence electrons. The predicted molar refractivity (Wildman–Crippen MR) is 69.7 cm³/mol. The van der Waals surface area contributed by atoms with Gasteiger partial charge in [-0.2, -0.15) is 0 Å². The van der Waals surface area contributed by atoms with E-state index in [-0.39, 0.29) is 17.9 Å². The molecule has 4 unspecified atom stereocenters. The third-order valence-electron chi connectivity index (χ3n) is 3.94. The van der Waals surface area contributed by atoms with Crippen molar-refractivity contribution in [2.75, 3.05) is 0 Å². The molecule has 17 heavy (non-hydrogen) atoms. The van der Waals surface area contributed by atoms with Crippen molar-refractivity contribution in [2.45, 2.75) is 25.8 Å². The van der Waals surface area contributed by atoms with Crippen LogP contribution in [-0.4, -0.2) is 5.91 Å². The largest absolute Gasteiger partial charge is 0.349 e. The van der Waals surface area contributed by atoms with E-state index in [2.05, 4.69) is 35.8 Å². The van der Waals surface area contributed by atoms with E-state index in [4.69, 9.17) is 0 Å². The quantitative estimate of drug-likeness (QED) is 0.817. The van der Waals surface area contributed by atoms with Gasteiger partial charge >= 0.3 is 0 Å². The average molecular weight is 247 g/mol. The maximum absolute atomic E-state index is 12.2. The van der Waals surface area contributed by atoms with E-state index in [1.54, 1.807) is 11.3 Å². The highest BCUT2D eigenvalue weighted by Gasteiger charge is 2.39. The van der Waals surface area contributed by atoms with Crippen LogP contribution in [0.1, 0.15) is 30.7 Å². The van der Waals surface area contributed by atoms with Gasteiger partial charge < -0.3 is 5.32 Å². The molecule has 3 rings (SSSR count). The number of fused-ring (bicyclic) bond motifs is 2. The molecule has 0 aliphatic heterocycles. The summed E-state index contributed by atoms with van der Waals surface area (Å²) in [6, 6.07) is 4.25. The van der Waals surface area contributed by atoms with Gasteiger partial charge in [-0.25, -0.2) is 0 Å². The van der Waals surface area contributed by atoms with E-state index in [1.807, 2.05) is 6.07 Å². The fraction of sp³-hybridized carbons (Fsp3) is 0.500. The predicted octanol–water partition coefficient (Wildman–Crippen LogP) is 3.14. The monoisotopic (exact) mass is 247 g/mol. The van der Waals surface area contributed by atoms with Gasteiger partial charge in [-0.05, 0) is 43.0 Å². The molecule has 2 nitrogen and oxygen atoms in total. The van der Waals surface area contributed by atoms with Crippen LogP contribution in [0.5, 0.6) is 0 Å². The summed E-state index contributed by atoms with van der Waals surface area (Å²) >= 11 is 1.70. The Hall–Kier alpha value is -1.09. The van der Waals surface area contributed by atoms with E-state index in [0.717, 1.165) is 6.42 Å². The number of hydrogen-bond donors (Lipinski definition) is 1. The summed E-state index contributed by atoms with van der Waals surface area (Å²) < 4.78 is 0. The number of nitrogens with one attached hydrogen (secondary N) is 1. The molecule has 2 bridgehead atoms. The van der Waals surface area contributed by atoms with Crippen LogP contribution in [0.15, 0.2) is 29.7 Å². The van der Waals surface area contributed by atoms with E-state index in [9.17, 15) is 4.79 Å². The van der Waals surface area contributed by atoms with Crippen molar-refractivity contribution in [3.8, 4) is 0 Å². The number of carbonyl (C=O) groups excluding carboxylic acids is 1. The third-order valence-corrected chi connectivity index (χ3v) is 5.00. The van der Waals surface area contributed by atoms with E-state index >= 15 is 0 Å². The van der Waals surface area contributed by atoms with Gasteiger partial charge in [0.15, 0.2) is 0 Å². The van der Waals surface area contributed by atoms with Crippen LogP contribution in [0.2, 0.25) is 0 Å². The number of allylic oxidation sites excluding steroid dienone is 2. The Morgan fingerprint density at radius 2 is 2.35 bits per heavy atom. The maximum atomic E-state index is 12.2. The van der Waals surface area contributed by atoms with Crippen molar-refractivity contribution in [2.24, 2.45) is 17.8 Å². The summed E-state index contributed by atoms with van der Waals surface area (Å²) in [4.78, 5) is 13.4. The number of thiophene rings is 1. The molecule has 2 aliphatic rings. The molecule has 4 atom stereocenters. The molecule has 2 aliphatic carbocycles. The molecule has 1 amide bonds. The number of hydrogen-bond acceptors (Lipinski definition) is 2. The fourth-order valence-corrected chi connectivity index (χ4v) is 3.75. The van der Waals surface area contributed by atoms with Crippen molar-refractivity contribution in [3.05, 3.63) is 34.5 Å². The summed E-state index contributed by atoms with van der Waals surface area (Å²) in [5.41, 5.74) is 0. The summed E-state index contributed by atoms with van der Waals surface area (Å²) in [6.45, 7) is 2.06. The van der Waals surface area contributed by atoms with Crippen LogP contribution < -0.4 is 5.32 Å². The normalized spacial score (nSPS) is 31.7. The second kappa shape index (κ2) is 4.30. The van der Waals surface area contributed by atoms with Gasteiger partial charge in [-0.1, -0.05) is 18.2 Å². The second-order valence-corrected chi connectivity index (χ2v) is 6.11. The Kier molecular flexibility index (Phi) is 2.79. The second-order valence-electron chi connectivity index (χ2n) is 5.13. The van der Waals surface area contributed by atoms with Crippen LogP contribution >= 0.6 is 11.3 Å². The summed E-state index contributed by atoms with van der Waals surface area (Å²) in [7, 11) is 0. The average Bonchev–Trinajstić information content (AvgIpc) is 3.05. The number of rotatable bonds is 3. The first kappa shape index (κ1) is 11.0. The fourth-order valence-electron chi connectivity index (χ4n) is 3.01. The first-order valence-corrected chi connectivity index (χ1v) is 7.14. The molecular weight excluding hydrogens is 230 g/mol. The molecule has 1 aromatic rings. The Morgan fingerprint density at radius 1 is 1.47 bits per heavy atom. The molecule has 0 spiro atoms. The molecule has 1 fully saturated rings. The van der Waals surface area contributed by atoms with Gasteiger partial charge in [-0.15, -0.1) is 11.3 Å². The maximum Gasteiger partial charge on any atom is 0.224 e. The van der Waals surface area contributed by atoms with Crippen LogP contribution in [0, 0.1) is 17.8 Å². The van der Waals surface area contributed by atoms with Crippen molar-refractivity contribution in [1.29, 1.82) is 0 Å². The van der Waals surface area contributed by atoms with Crippen molar-refractivity contribution in [3.63, 3.8) is 0 Å². The van der Waals surface area contributed by atoms with Gasteiger partial charge in [0.05, 0.1) is 6.04 Å². The topological polar surface area (TPSA) is 29.1 Å². The Labute approximate surface area is 106 Å². The highest BCUT2D eigenvalue weighted by atomic mass is 32.1. The Morgan fingerprint density at radius 3 is 2.94 bits per heavy atom. The van der Waals surface area contributed by atoms with Crippen LogP contribution in [0.4, 0.5) is 0 Å². The van der Waals surface area contributed by atoms with Crippen molar-refractivity contribution in [1.82, 2.24) is 5.32 Å². The molecule has 0 radical (unpaired) electrons. The van der Waals surface area contributed by atoms with Crippen LogP contribution in [0.3, 0.4) is 0 Å². The number of carbonyl (C=O) groups is 1. The zero-order chi connectivity index (χ0) is 11.8. The first-order valence-electron chi connectivity index (χ1n) is 6.26. The minimum atomic E-state index is 0.144. The van der Waals surface area contributed by atoms with Gasteiger partial charge in [0.25, 0.3) is 0 Å². The van der Waals surface area contributed by atoms with E-state index in [1.165, 1.54) is 11.3 Å². The zero-order valence-electron chi connectivity index (χ0n) is 9.93. The lowest BCUT2D eigenvalue weighted by Crippen LogP contribution is -2.34. The lowest BCUT2D eigenvalue weighted by molar-refractivity contribution is -0.126. The van der Waals surface area contributed by atoms with E-state index in [0.29, 0.717) is 11.8 Å². The minimum Gasteiger partial charge on any atom is -0.349 e. The highest BCUT2D eigenvalue weighted by molar-refractivity contribution is 7.10. The summed E-state index contributed by atoms with van der Waals surface area (Å²) in [5, 5.41) is 5.20. The third kappa shape index (κ3) is 2.04. The molecule has 0 aromatic carbocycles. The van der Waals surface area contributed by atoms with Crippen molar-refractivity contribution >= 4 is 17.2 Å². The smallest absolute Gasteiger partial charge is 0.224 e. The SMILES string of the molecule is CC(NC(=O)C1CC2C=CC1C2)c1cccs1. The molecule has 1 heterocycles. The molecule has 1 saturated carbocycles.